The van der Waals surface area contributed by atoms with Crippen LogP contribution in [0.2, 0.25) is 18.1 Å². The van der Waals surface area contributed by atoms with Gasteiger partial charge in [0.05, 0.1) is 11.6 Å². The maximum Gasteiger partial charge on any atom is 0.248 e. The lowest BCUT2D eigenvalue weighted by atomic mass is 10.0. The Morgan fingerprint density at radius 3 is 2.47 bits per heavy atom. The topological polar surface area (TPSA) is 91.6 Å². The number of nitrogens with two attached hydrogens (primary N) is 1. The number of rotatable bonds is 8. The molecule has 4 N–H and O–H groups in total. The standard InChI is InChI=1S/C29H39N3O3Si/c1-29(2,3)36(5,6)35-26(23-15-17-25(33)28-24(23)16-18-27(34)31-28)20-32(4)19-9-7-8-10-21-11-13-22(30)14-12-21/h11-18,26,33H,7,9,19-20,30H2,1-6H3,(H,31,34)/t26-/m0/s1. The number of aromatic nitrogens is 1. The van der Waals surface area contributed by atoms with E-state index in [2.05, 4.69) is 62.6 Å². The van der Waals surface area contributed by atoms with Crippen molar-refractivity contribution in [3.8, 4) is 17.6 Å². The van der Waals surface area contributed by atoms with Gasteiger partial charge in [-0.1, -0.05) is 38.7 Å². The number of hydrogen-bond donors (Lipinski definition) is 3. The fourth-order valence-corrected chi connectivity index (χ4v) is 5.08. The highest BCUT2D eigenvalue weighted by Gasteiger charge is 2.40. The third-order valence-electron chi connectivity index (χ3n) is 6.96. The van der Waals surface area contributed by atoms with E-state index in [0.29, 0.717) is 12.1 Å². The van der Waals surface area contributed by atoms with Gasteiger partial charge >= 0.3 is 0 Å². The van der Waals surface area contributed by atoms with E-state index in [1.807, 2.05) is 30.3 Å². The smallest absolute Gasteiger partial charge is 0.248 e. The Bertz CT molecular complexity index is 1300. The van der Waals surface area contributed by atoms with Crippen LogP contribution in [0.5, 0.6) is 5.75 Å². The number of nitrogen functional groups attached to an aromatic ring is 1. The number of aromatic hydroxyl groups is 1. The molecule has 0 radical (unpaired) electrons. The molecule has 3 aromatic rings. The highest BCUT2D eigenvalue weighted by Crippen LogP contribution is 2.41. The van der Waals surface area contributed by atoms with Crippen molar-refractivity contribution in [3.05, 3.63) is 70.0 Å². The third kappa shape index (κ3) is 7.00. The van der Waals surface area contributed by atoms with Crippen molar-refractivity contribution in [2.45, 2.75) is 57.8 Å². The van der Waals surface area contributed by atoms with Crippen LogP contribution in [0.15, 0.2) is 53.3 Å². The molecule has 0 spiro atoms. The first kappa shape index (κ1) is 27.5. The average molecular weight is 506 g/mol. The largest absolute Gasteiger partial charge is 0.506 e. The highest BCUT2D eigenvalue weighted by molar-refractivity contribution is 6.74. The molecule has 0 aliphatic heterocycles. The first-order valence-corrected chi connectivity index (χ1v) is 15.3. The fraction of sp³-hybridized carbons (Fsp3) is 0.414. The van der Waals surface area contributed by atoms with Crippen LogP contribution in [0.1, 0.15) is 50.8 Å². The number of fused-ring (bicyclic) bond motifs is 1. The SMILES string of the molecule is CN(CCCC#Cc1ccc(N)cc1)C[C@H](O[Si](C)(C)C(C)(C)C)c1ccc(O)c2[nH]c(=O)ccc12. The molecule has 6 nitrogen and oxygen atoms in total. The number of aromatic amines is 1. The molecule has 2 aromatic carbocycles. The van der Waals surface area contributed by atoms with E-state index in [1.54, 1.807) is 12.1 Å². The summed E-state index contributed by atoms with van der Waals surface area (Å²) in [6.07, 6.45) is 1.53. The van der Waals surface area contributed by atoms with Gasteiger partial charge in [-0.25, -0.2) is 0 Å². The minimum atomic E-state index is -2.11. The number of hydrogen-bond acceptors (Lipinski definition) is 5. The molecule has 3 rings (SSSR count). The van der Waals surface area contributed by atoms with Crippen LogP contribution in [-0.2, 0) is 4.43 Å². The Kier molecular flexibility index (Phi) is 8.67. The van der Waals surface area contributed by atoms with Gasteiger partial charge in [0, 0.05) is 35.7 Å². The molecular weight excluding hydrogens is 466 g/mol. The van der Waals surface area contributed by atoms with Gasteiger partial charge in [0.1, 0.15) is 5.75 Å². The van der Waals surface area contributed by atoms with E-state index in [-0.39, 0.29) is 22.5 Å². The lowest BCUT2D eigenvalue weighted by molar-refractivity contribution is 0.134. The van der Waals surface area contributed by atoms with Crippen molar-refractivity contribution in [1.29, 1.82) is 0 Å². The van der Waals surface area contributed by atoms with E-state index in [0.717, 1.165) is 41.6 Å². The van der Waals surface area contributed by atoms with Crippen molar-refractivity contribution in [2.75, 3.05) is 25.9 Å². The van der Waals surface area contributed by atoms with E-state index in [4.69, 9.17) is 10.2 Å². The minimum absolute atomic E-state index is 0.0442. The van der Waals surface area contributed by atoms with Crippen molar-refractivity contribution in [2.24, 2.45) is 0 Å². The monoisotopic (exact) mass is 505 g/mol. The molecule has 36 heavy (non-hydrogen) atoms. The molecular formula is C29H39N3O3Si. The number of anilines is 1. The van der Waals surface area contributed by atoms with E-state index in [1.165, 1.54) is 6.07 Å². The summed E-state index contributed by atoms with van der Waals surface area (Å²) < 4.78 is 6.92. The number of phenolic OH excluding ortho intramolecular Hbond substituents is 1. The molecule has 192 valence electrons. The summed E-state index contributed by atoms with van der Waals surface area (Å²) in [5, 5.41) is 11.2. The first-order valence-electron chi connectivity index (χ1n) is 12.4. The molecule has 0 fully saturated rings. The first-order chi connectivity index (χ1) is 16.9. The summed E-state index contributed by atoms with van der Waals surface area (Å²) >= 11 is 0. The minimum Gasteiger partial charge on any atom is -0.506 e. The molecule has 7 heteroatoms. The highest BCUT2D eigenvalue weighted by atomic mass is 28.4. The van der Waals surface area contributed by atoms with Crippen LogP contribution >= 0.6 is 0 Å². The van der Waals surface area contributed by atoms with Gasteiger partial charge in [-0.15, -0.1) is 0 Å². The van der Waals surface area contributed by atoms with Crippen molar-refractivity contribution >= 4 is 24.9 Å². The van der Waals surface area contributed by atoms with Gasteiger partial charge in [-0.3, -0.25) is 4.79 Å². The lowest BCUT2D eigenvalue weighted by Crippen LogP contribution is -2.43. The maximum absolute atomic E-state index is 11.9. The van der Waals surface area contributed by atoms with Gasteiger partial charge in [-0.2, -0.15) is 0 Å². The van der Waals surface area contributed by atoms with E-state index in [9.17, 15) is 9.90 Å². The van der Waals surface area contributed by atoms with Crippen molar-refractivity contribution < 1.29 is 9.53 Å². The van der Waals surface area contributed by atoms with Gasteiger partial charge in [0.2, 0.25) is 5.56 Å². The number of benzene rings is 2. The molecule has 0 saturated heterocycles. The van der Waals surface area contributed by atoms with Gasteiger partial charge < -0.3 is 25.2 Å². The predicted octanol–water partition coefficient (Wildman–Crippen LogP) is 5.64. The number of phenols is 1. The predicted molar refractivity (Wildman–Crippen MR) is 152 cm³/mol. The third-order valence-corrected chi connectivity index (χ3v) is 11.4. The maximum atomic E-state index is 11.9. The second-order valence-electron chi connectivity index (χ2n) is 10.9. The van der Waals surface area contributed by atoms with Crippen molar-refractivity contribution in [1.82, 2.24) is 9.88 Å². The number of nitrogens with one attached hydrogen (secondary N) is 1. The lowest BCUT2D eigenvalue weighted by Gasteiger charge is -2.40. The van der Waals surface area contributed by atoms with Gasteiger partial charge in [-0.05, 0) is 80.1 Å². The molecule has 0 bridgehead atoms. The van der Waals surface area contributed by atoms with Gasteiger partial charge in [0.15, 0.2) is 8.32 Å². The second kappa shape index (κ2) is 11.3. The van der Waals surface area contributed by atoms with Crippen LogP contribution in [0.3, 0.4) is 0 Å². The quantitative estimate of drug-likeness (QED) is 0.159. The van der Waals surface area contributed by atoms with Crippen LogP contribution in [-0.4, -0.2) is 43.4 Å². The van der Waals surface area contributed by atoms with Crippen molar-refractivity contribution in [3.63, 3.8) is 0 Å². The summed E-state index contributed by atoms with van der Waals surface area (Å²) in [6, 6.07) is 14.4. The molecule has 0 unspecified atom stereocenters. The van der Waals surface area contributed by atoms with Crippen LogP contribution in [0, 0.1) is 11.8 Å². The Morgan fingerprint density at radius 2 is 1.81 bits per heavy atom. The zero-order valence-corrected chi connectivity index (χ0v) is 23.3. The van der Waals surface area contributed by atoms with Crippen LogP contribution in [0.4, 0.5) is 5.69 Å². The number of nitrogens with zero attached hydrogens (tertiary/aromatic N) is 1. The molecule has 1 atom stereocenters. The number of likely N-dealkylation sites (N-methyl/N-ethyl adjacent to an activating group) is 1. The number of pyridine rings is 1. The Labute approximate surface area is 215 Å². The molecule has 0 aliphatic carbocycles. The molecule has 1 aromatic heterocycles. The summed E-state index contributed by atoms with van der Waals surface area (Å²) in [7, 11) is -0.0102. The Balaban J connectivity index is 1.78. The molecule has 0 amide bonds. The van der Waals surface area contributed by atoms with E-state index < -0.39 is 8.32 Å². The summed E-state index contributed by atoms with van der Waals surface area (Å²) in [5.41, 5.74) is 8.62. The molecule has 1 heterocycles. The summed E-state index contributed by atoms with van der Waals surface area (Å²) in [5.74, 6) is 6.51. The normalized spacial score (nSPS) is 13.0. The summed E-state index contributed by atoms with van der Waals surface area (Å²) in [6.45, 7) is 12.7. The van der Waals surface area contributed by atoms with Gasteiger partial charge in [0.25, 0.3) is 0 Å². The molecule has 0 saturated carbocycles. The zero-order chi connectivity index (χ0) is 26.5. The zero-order valence-electron chi connectivity index (χ0n) is 22.3. The van der Waals surface area contributed by atoms with Crippen LogP contribution in [0.25, 0.3) is 10.9 Å². The number of unbranched alkanes of at least 4 members (excludes halogenated alkanes) is 1. The molecule has 0 aliphatic rings. The summed E-state index contributed by atoms with van der Waals surface area (Å²) in [4.78, 5) is 17.0. The van der Waals surface area contributed by atoms with E-state index >= 15 is 0 Å². The number of H-pyrrole nitrogens is 1. The fourth-order valence-electron chi connectivity index (χ4n) is 3.81. The Hall–Kier alpha value is -3.05. The second-order valence-corrected chi connectivity index (χ2v) is 15.7. The Morgan fingerprint density at radius 1 is 1.11 bits per heavy atom. The average Bonchev–Trinajstić information content (AvgIpc) is 2.79. The van der Waals surface area contributed by atoms with Crippen LogP contribution < -0.4 is 11.3 Å².